The molecule has 12 heavy (non-hydrogen) atoms. The predicted molar refractivity (Wildman–Crippen MR) is 58.6 cm³/mol. The van der Waals surface area contributed by atoms with Crippen LogP contribution in [0.2, 0.25) is 0 Å². The van der Waals surface area contributed by atoms with Crippen molar-refractivity contribution in [3.05, 3.63) is 20.3 Å². The highest BCUT2D eigenvalue weighted by atomic mass is 79.9. The minimum absolute atomic E-state index is 0.191. The number of thiophene rings is 1. The Bertz CT molecular complexity index is 278. The Hall–Kier alpha value is 0.140. The molecule has 0 aliphatic carbocycles. The fourth-order valence-electron chi connectivity index (χ4n) is 1.07. The van der Waals surface area contributed by atoms with E-state index in [2.05, 4.69) is 42.8 Å². The molecule has 0 aromatic carbocycles. The molecule has 1 aromatic rings. The highest BCUT2D eigenvalue weighted by Gasteiger charge is 2.22. The van der Waals surface area contributed by atoms with Crippen LogP contribution in [-0.4, -0.2) is 0 Å². The smallest absolute Gasteiger partial charge is 0.0751 e. The number of hydrogen-bond acceptors (Lipinski definition) is 2. The van der Waals surface area contributed by atoms with Gasteiger partial charge in [0.25, 0.3) is 0 Å². The number of aryl methyl sites for hydroxylation is 1. The Labute approximate surface area is 86.1 Å². The van der Waals surface area contributed by atoms with Gasteiger partial charge in [-0.15, -0.1) is 11.3 Å². The first-order valence-corrected chi connectivity index (χ1v) is 5.63. The van der Waals surface area contributed by atoms with Crippen LogP contribution in [0.1, 0.15) is 30.7 Å². The fraction of sp³-hybridized carbons (Fsp3) is 0.556. The van der Waals surface area contributed by atoms with E-state index < -0.39 is 0 Å². The number of nitrogens with two attached hydrogens (primary N) is 1. The summed E-state index contributed by atoms with van der Waals surface area (Å²) in [6, 6.07) is 2.16. The van der Waals surface area contributed by atoms with Crippen LogP contribution >= 0.6 is 27.3 Å². The molecule has 1 aromatic heterocycles. The maximum atomic E-state index is 6.13. The largest absolute Gasteiger partial charge is 0.322 e. The van der Waals surface area contributed by atoms with Gasteiger partial charge in [0.15, 0.2) is 0 Å². The molecule has 1 unspecified atom stereocenters. The first kappa shape index (κ1) is 10.2. The molecule has 1 rings (SSSR count). The van der Waals surface area contributed by atoms with E-state index in [0.717, 1.165) is 6.42 Å². The average Bonchev–Trinajstić information content (AvgIpc) is 2.31. The van der Waals surface area contributed by atoms with Crippen LogP contribution in [0.4, 0.5) is 0 Å². The molecule has 0 radical (unpaired) electrons. The topological polar surface area (TPSA) is 26.0 Å². The lowest BCUT2D eigenvalue weighted by molar-refractivity contribution is 0.476. The van der Waals surface area contributed by atoms with E-state index >= 15 is 0 Å². The Morgan fingerprint density at radius 2 is 2.25 bits per heavy atom. The molecule has 1 atom stereocenters. The minimum Gasteiger partial charge on any atom is -0.322 e. The zero-order valence-electron chi connectivity index (χ0n) is 7.65. The zero-order chi connectivity index (χ0) is 9.35. The van der Waals surface area contributed by atoms with Crippen LogP contribution < -0.4 is 5.73 Å². The van der Waals surface area contributed by atoms with Crippen molar-refractivity contribution in [3.8, 4) is 0 Å². The highest BCUT2D eigenvalue weighted by molar-refractivity contribution is 9.11. The summed E-state index contributed by atoms with van der Waals surface area (Å²) in [4.78, 5) is 1.31. The highest BCUT2D eigenvalue weighted by Crippen LogP contribution is 2.35. The summed E-state index contributed by atoms with van der Waals surface area (Å²) in [5, 5.41) is 0. The molecule has 0 fully saturated rings. The van der Waals surface area contributed by atoms with Gasteiger partial charge in [0, 0.05) is 10.4 Å². The molecule has 1 nitrogen and oxygen atoms in total. The molecule has 2 N–H and O–H groups in total. The molecule has 0 aliphatic heterocycles. The lowest BCUT2D eigenvalue weighted by Crippen LogP contribution is -2.31. The van der Waals surface area contributed by atoms with Crippen LogP contribution in [-0.2, 0) is 5.54 Å². The van der Waals surface area contributed by atoms with Gasteiger partial charge in [-0.3, -0.25) is 0 Å². The van der Waals surface area contributed by atoms with Gasteiger partial charge >= 0.3 is 0 Å². The predicted octanol–water partition coefficient (Wildman–Crippen LogP) is 3.40. The van der Waals surface area contributed by atoms with Gasteiger partial charge in [-0.25, -0.2) is 0 Å². The molecule has 0 bridgehead atoms. The number of hydrogen-bond donors (Lipinski definition) is 1. The SMILES string of the molecule is CCC(C)(N)c1cc(C)sc1Br. The first-order chi connectivity index (χ1) is 5.47. The second kappa shape index (κ2) is 3.48. The summed E-state index contributed by atoms with van der Waals surface area (Å²) >= 11 is 5.28. The van der Waals surface area contributed by atoms with Crippen molar-refractivity contribution in [1.82, 2.24) is 0 Å². The molecular formula is C9H14BrNS. The summed E-state index contributed by atoms with van der Waals surface area (Å²) in [5.41, 5.74) is 7.17. The third-order valence-electron chi connectivity index (χ3n) is 2.16. The number of rotatable bonds is 2. The summed E-state index contributed by atoms with van der Waals surface area (Å²) in [5.74, 6) is 0. The Morgan fingerprint density at radius 1 is 1.67 bits per heavy atom. The van der Waals surface area contributed by atoms with E-state index in [9.17, 15) is 0 Å². The molecule has 0 amide bonds. The third kappa shape index (κ3) is 1.90. The lowest BCUT2D eigenvalue weighted by Gasteiger charge is -2.22. The summed E-state index contributed by atoms with van der Waals surface area (Å²) in [6.45, 7) is 6.28. The third-order valence-corrected chi connectivity index (χ3v) is 3.91. The van der Waals surface area contributed by atoms with E-state index in [1.165, 1.54) is 14.2 Å². The monoisotopic (exact) mass is 247 g/mol. The van der Waals surface area contributed by atoms with Gasteiger partial charge < -0.3 is 5.73 Å². The molecule has 1 heterocycles. The second-order valence-electron chi connectivity index (χ2n) is 3.32. The van der Waals surface area contributed by atoms with Gasteiger partial charge in [0.1, 0.15) is 0 Å². The zero-order valence-corrected chi connectivity index (χ0v) is 10.1. The summed E-state index contributed by atoms with van der Waals surface area (Å²) in [6.07, 6.45) is 0.960. The van der Waals surface area contributed by atoms with E-state index in [4.69, 9.17) is 5.73 Å². The molecular weight excluding hydrogens is 234 g/mol. The quantitative estimate of drug-likeness (QED) is 0.852. The van der Waals surface area contributed by atoms with Crippen molar-refractivity contribution in [2.24, 2.45) is 5.73 Å². The molecule has 0 spiro atoms. The Kier molecular flexibility index (Phi) is 2.97. The molecule has 0 saturated carbocycles. The van der Waals surface area contributed by atoms with Crippen LogP contribution in [0, 0.1) is 6.92 Å². The van der Waals surface area contributed by atoms with Crippen molar-refractivity contribution < 1.29 is 0 Å². The van der Waals surface area contributed by atoms with Crippen molar-refractivity contribution in [2.75, 3.05) is 0 Å². The lowest BCUT2D eigenvalue weighted by atomic mass is 9.93. The minimum atomic E-state index is -0.191. The van der Waals surface area contributed by atoms with Crippen LogP contribution in [0.5, 0.6) is 0 Å². The van der Waals surface area contributed by atoms with Gasteiger partial charge in [0.2, 0.25) is 0 Å². The van der Waals surface area contributed by atoms with Crippen molar-refractivity contribution in [2.45, 2.75) is 32.7 Å². The van der Waals surface area contributed by atoms with Crippen molar-refractivity contribution in [3.63, 3.8) is 0 Å². The normalized spacial score (nSPS) is 16.1. The second-order valence-corrected chi connectivity index (χ2v) is 5.89. The van der Waals surface area contributed by atoms with Gasteiger partial charge in [-0.2, -0.15) is 0 Å². The molecule has 0 saturated heterocycles. The maximum absolute atomic E-state index is 6.13. The molecule has 68 valence electrons. The molecule has 0 aliphatic rings. The van der Waals surface area contributed by atoms with Crippen molar-refractivity contribution in [1.29, 1.82) is 0 Å². The van der Waals surface area contributed by atoms with E-state index in [-0.39, 0.29) is 5.54 Å². The molecule has 3 heteroatoms. The maximum Gasteiger partial charge on any atom is 0.0751 e. The van der Waals surface area contributed by atoms with Crippen LogP contribution in [0.25, 0.3) is 0 Å². The van der Waals surface area contributed by atoms with Crippen LogP contribution in [0.15, 0.2) is 9.85 Å². The Balaban J connectivity index is 3.09. The Morgan fingerprint density at radius 3 is 2.58 bits per heavy atom. The number of halogens is 1. The standard InChI is InChI=1S/C9H14BrNS/c1-4-9(3,11)7-5-6(2)12-8(7)10/h5H,4,11H2,1-3H3. The summed E-state index contributed by atoms with van der Waals surface area (Å²) in [7, 11) is 0. The first-order valence-electron chi connectivity index (χ1n) is 4.02. The fourth-order valence-corrected chi connectivity index (χ4v) is 3.26. The van der Waals surface area contributed by atoms with Crippen LogP contribution in [0.3, 0.4) is 0 Å². The van der Waals surface area contributed by atoms with Gasteiger partial charge in [-0.05, 0) is 47.8 Å². The average molecular weight is 248 g/mol. The van der Waals surface area contributed by atoms with Gasteiger partial charge in [0.05, 0.1) is 3.79 Å². The van der Waals surface area contributed by atoms with Gasteiger partial charge in [-0.1, -0.05) is 6.92 Å². The van der Waals surface area contributed by atoms with E-state index in [0.29, 0.717) is 0 Å². The van der Waals surface area contributed by atoms with E-state index in [1.807, 2.05) is 0 Å². The van der Waals surface area contributed by atoms with Crippen molar-refractivity contribution >= 4 is 27.3 Å². The summed E-state index contributed by atoms with van der Waals surface area (Å²) < 4.78 is 1.17. The van der Waals surface area contributed by atoms with E-state index in [1.54, 1.807) is 11.3 Å².